The maximum atomic E-state index is 13.4. The van der Waals surface area contributed by atoms with E-state index in [2.05, 4.69) is 4.98 Å². The number of benzene rings is 3. The highest BCUT2D eigenvalue weighted by Gasteiger charge is 2.23. The first-order valence-electron chi connectivity index (χ1n) is 9.99. The molecule has 3 heterocycles. The zero-order valence-corrected chi connectivity index (χ0v) is 17.9. The first kappa shape index (κ1) is 19.9. The fourth-order valence-electron chi connectivity index (χ4n) is 4.09. The molecule has 11 heteroatoms. The quantitative estimate of drug-likeness (QED) is 0.200. The second kappa shape index (κ2) is 7.12. The monoisotopic (exact) mass is 469 g/mol. The van der Waals surface area contributed by atoms with Gasteiger partial charge in [-0.25, -0.2) is 9.97 Å². The summed E-state index contributed by atoms with van der Waals surface area (Å²) in [5.74, 6) is 0.217. The number of para-hydroxylation sites is 2. The van der Waals surface area contributed by atoms with Gasteiger partial charge < -0.3 is 0 Å². The Bertz CT molecular complexity index is 1880. The molecular weight excluding hydrogens is 458 g/mol. The number of imidazole rings is 1. The van der Waals surface area contributed by atoms with Gasteiger partial charge in [0.2, 0.25) is 5.43 Å². The fourth-order valence-corrected chi connectivity index (χ4v) is 5.13. The van der Waals surface area contributed by atoms with E-state index in [0.29, 0.717) is 32.3 Å². The average molecular weight is 469 g/mol. The summed E-state index contributed by atoms with van der Waals surface area (Å²) >= 11 is 1.29. The van der Waals surface area contributed by atoms with Crippen molar-refractivity contribution < 1.29 is 9.85 Å². The minimum Gasteiger partial charge on any atom is -0.288 e. The third-order valence-corrected chi connectivity index (χ3v) is 6.63. The summed E-state index contributed by atoms with van der Waals surface area (Å²) in [5, 5.41) is 23.8. The van der Waals surface area contributed by atoms with Gasteiger partial charge in [-0.15, -0.1) is 11.3 Å². The van der Waals surface area contributed by atoms with Crippen LogP contribution in [0.2, 0.25) is 0 Å². The van der Waals surface area contributed by atoms with E-state index < -0.39 is 21.2 Å². The first-order valence-corrected chi connectivity index (χ1v) is 10.8. The van der Waals surface area contributed by atoms with Crippen LogP contribution in [0.15, 0.2) is 71.5 Å². The molecule has 0 radical (unpaired) electrons. The number of hydrogen-bond donors (Lipinski definition) is 0. The number of nitro benzene ring substituents is 2. The Morgan fingerprint density at radius 1 is 0.853 bits per heavy atom. The molecule has 0 aliphatic heterocycles. The lowest BCUT2D eigenvalue weighted by molar-refractivity contribution is -0.394. The molecule has 0 bridgehead atoms. The molecule has 0 N–H and O–H groups in total. The molecule has 34 heavy (non-hydrogen) atoms. The summed E-state index contributed by atoms with van der Waals surface area (Å²) in [6.45, 7) is 0. The molecule has 0 saturated carbocycles. The summed E-state index contributed by atoms with van der Waals surface area (Å²) < 4.78 is 2.35. The van der Waals surface area contributed by atoms with Crippen LogP contribution in [0, 0.1) is 20.2 Å². The Morgan fingerprint density at radius 2 is 1.53 bits per heavy atom. The molecule has 3 aromatic heterocycles. The van der Waals surface area contributed by atoms with Crippen molar-refractivity contribution in [1.29, 1.82) is 0 Å². The van der Waals surface area contributed by atoms with E-state index in [9.17, 15) is 25.0 Å². The van der Waals surface area contributed by atoms with Crippen LogP contribution in [0.3, 0.4) is 0 Å². The molecule has 0 aliphatic rings. The zero-order valence-electron chi connectivity index (χ0n) is 17.0. The summed E-state index contributed by atoms with van der Waals surface area (Å²) in [4.78, 5) is 44.8. The highest BCUT2D eigenvalue weighted by Crippen LogP contribution is 2.34. The van der Waals surface area contributed by atoms with Crippen molar-refractivity contribution in [3.05, 3.63) is 97.2 Å². The number of aromatic nitrogens is 3. The molecule has 6 aromatic rings. The van der Waals surface area contributed by atoms with Crippen LogP contribution in [0.4, 0.5) is 11.4 Å². The molecule has 0 unspecified atom stereocenters. The lowest BCUT2D eigenvalue weighted by atomic mass is 10.1. The van der Waals surface area contributed by atoms with E-state index in [-0.39, 0.29) is 16.8 Å². The van der Waals surface area contributed by atoms with Gasteiger partial charge in [-0.2, -0.15) is 0 Å². The third-order valence-electron chi connectivity index (χ3n) is 5.57. The summed E-state index contributed by atoms with van der Waals surface area (Å²) in [7, 11) is 0. The molecule has 0 aliphatic carbocycles. The SMILES string of the molecule is O=c1c2ccccc2sc2nc(-c3cc([N+](=O)[O-])cc([N+](=O)[O-])c3)n3c4ccccc4nc3c12. The van der Waals surface area contributed by atoms with Gasteiger partial charge in [0.05, 0.1) is 26.9 Å². The van der Waals surface area contributed by atoms with Gasteiger partial charge in [0.25, 0.3) is 11.4 Å². The smallest absolute Gasteiger partial charge is 0.277 e. The van der Waals surface area contributed by atoms with Crippen molar-refractivity contribution in [3.8, 4) is 11.4 Å². The number of non-ortho nitro benzene ring substituents is 2. The van der Waals surface area contributed by atoms with Crippen LogP contribution < -0.4 is 5.43 Å². The van der Waals surface area contributed by atoms with Crippen LogP contribution in [0.1, 0.15) is 0 Å². The van der Waals surface area contributed by atoms with E-state index >= 15 is 0 Å². The Balaban J connectivity index is 1.85. The predicted molar refractivity (Wildman–Crippen MR) is 128 cm³/mol. The number of rotatable bonds is 3. The first-order chi connectivity index (χ1) is 16.4. The highest BCUT2D eigenvalue weighted by atomic mass is 32.1. The third kappa shape index (κ3) is 2.84. The van der Waals surface area contributed by atoms with Crippen LogP contribution >= 0.6 is 11.3 Å². The van der Waals surface area contributed by atoms with Crippen molar-refractivity contribution in [2.24, 2.45) is 0 Å². The van der Waals surface area contributed by atoms with Crippen molar-refractivity contribution in [1.82, 2.24) is 14.4 Å². The van der Waals surface area contributed by atoms with E-state index in [0.717, 1.165) is 10.8 Å². The van der Waals surface area contributed by atoms with Crippen molar-refractivity contribution in [2.45, 2.75) is 0 Å². The lowest BCUT2D eigenvalue weighted by Gasteiger charge is -2.09. The maximum absolute atomic E-state index is 13.4. The van der Waals surface area contributed by atoms with Gasteiger partial charge in [-0.1, -0.05) is 24.3 Å². The Labute approximate surface area is 192 Å². The normalized spacial score (nSPS) is 11.5. The minimum absolute atomic E-state index is 0.170. The van der Waals surface area contributed by atoms with E-state index in [1.165, 1.54) is 23.5 Å². The van der Waals surface area contributed by atoms with Gasteiger partial charge in [-0.3, -0.25) is 29.4 Å². The molecule has 0 saturated heterocycles. The Morgan fingerprint density at radius 3 is 2.26 bits per heavy atom. The fraction of sp³-hybridized carbons (Fsp3) is 0. The average Bonchev–Trinajstić information content (AvgIpc) is 3.22. The second-order valence-electron chi connectivity index (χ2n) is 7.55. The van der Waals surface area contributed by atoms with Crippen LogP contribution in [0.25, 0.3) is 48.4 Å². The second-order valence-corrected chi connectivity index (χ2v) is 8.59. The number of fused-ring (bicyclic) bond motifs is 6. The molecule has 0 amide bonds. The summed E-state index contributed by atoms with van der Waals surface area (Å²) in [6, 6.07) is 17.7. The number of nitro groups is 2. The molecule has 10 nitrogen and oxygen atoms in total. The number of hydrogen-bond acceptors (Lipinski definition) is 8. The van der Waals surface area contributed by atoms with E-state index in [1.54, 1.807) is 40.8 Å². The van der Waals surface area contributed by atoms with Gasteiger partial charge in [0, 0.05) is 27.8 Å². The maximum Gasteiger partial charge on any atom is 0.277 e. The van der Waals surface area contributed by atoms with Crippen molar-refractivity contribution >= 4 is 59.7 Å². The van der Waals surface area contributed by atoms with Crippen LogP contribution in [-0.4, -0.2) is 24.2 Å². The molecule has 0 fully saturated rings. The summed E-state index contributed by atoms with van der Waals surface area (Å²) in [6.07, 6.45) is 0. The van der Waals surface area contributed by atoms with Crippen LogP contribution in [0.5, 0.6) is 0 Å². The van der Waals surface area contributed by atoms with Crippen LogP contribution in [-0.2, 0) is 0 Å². The summed E-state index contributed by atoms with van der Waals surface area (Å²) in [5.41, 5.74) is 0.620. The van der Waals surface area contributed by atoms with Gasteiger partial charge >= 0.3 is 0 Å². The van der Waals surface area contributed by atoms with Gasteiger partial charge in [0.15, 0.2) is 5.65 Å². The molecule has 0 atom stereocenters. The minimum atomic E-state index is -0.688. The molecule has 0 spiro atoms. The zero-order chi connectivity index (χ0) is 23.6. The van der Waals surface area contributed by atoms with Gasteiger partial charge in [-0.05, 0) is 24.3 Å². The van der Waals surface area contributed by atoms with E-state index in [4.69, 9.17) is 4.98 Å². The number of nitrogens with zero attached hydrogens (tertiary/aromatic N) is 5. The Kier molecular flexibility index (Phi) is 4.16. The standard InChI is InChI=1S/C23H11N5O5S/c29-20-15-5-1-4-8-18(15)34-23-19(20)22-24-16-6-2-3-7-17(16)26(22)21(25-23)12-9-13(27(30)31)11-14(10-12)28(32)33/h1-11H. The Hall–Kier alpha value is -4.77. The predicted octanol–water partition coefficient (Wildman–Crippen LogP) is 5.09. The molecule has 164 valence electrons. The molecule has 3 aromatic carbocycles. The molecular formula is C23H11N5O5S. The topological polar surface area (TPSA) is 134 Å². The largest absolute Gasteiger partial charge is 0.288 e. The van der Waals surface area contributed by atoms with Gasteiger partial charge in [0.1, 0.15) is 16.0 Å². The lowest BCUT2D eigenvalue weighted by Crippen LogP contribution is -2.07. The van der Waals surface area contributed by atoms with Crippen molar-refractivity contribution in [3.63, 3.8) is 0 Å². The van der Waals surface area contributed by atoms with Crippen molar-refractivity contribution in [2.75, 3.05) is 0 Å². The van der Waals surface area contributed by atoms with E-state index in [1.807, 2.05) is 12.1 Å². The highest BCUT2D eigenvalue weighted by molar-refractivity contribution is 7.24. The molecule has 6 rings (SSSR count).